The minimum Gasteiger partial charge on any atom is -0.393 e. The second kappa shape index (κ2) is 3.01. The van der Waals surface area contributed by atoms with E-state index in [2.05, 4.69) is 0 Å². The van der Waals surface area contributed by atoms with Crippen molar-refractivity contribution in [2.24, 2.45) is 5.92 Å². The highest BCUT2D eigenvalue weighted by Crippen LogP contribution is 2.35. The molecule has 1 aliphatic carbocycles. The summed E-state index contributed by atoms with van der Waals surface area (Å²) in [5.41, 5.74) is 0. The molecule has 2 atom stereocenters. The minimum atomic E-state index is -4.12. The number of aliphatic hydroxyl groups is 1. The molecule has 2 unspecified atom stereocenters. The summed E-state index contributed by atoms with van der Waals surface area (Å²) in [6.45, 7) is 0. The first-order chi connectivity index (χ1) is 4.99. The average Bonchev–Trinajstić information content (AvgIpc) is 2.12. The summed E-state index contributed by atoms with van der Waals surface area (Å²) in [5, 5.41) is 9.05. The van der Waals surface area contributed by atoms with Gasteiger partial charge in [-0.15, -0.1) is 0 Å². The lowest BCUT2D eigenvalue weighted by Gasteiger charge is -2.15. The van der Waals surface area contributed by atoms with Crippen molar-refractivity contribution in [3.63, 3.8) is 0 Å². The van der Waals surface area contributed by atoms with E-state index in [1.54, 1.807) is 0 Å². The first-order valence-corrected chi connectivity index (χ1v) is 3.74. The van der Waals surface area contributed by atoms with Crippen LogP contribution in [-0.2, 0) is 0 Å². The van der Waals surface area contributed by atoms with E-state index < -0.39 is 24.6 Å². The zero-order chi connectivity index (χ0) is 8.48. The Morgan fingerprint density at radius 3 is 2.27 bits per heavy atom. The van der Waals surface area contributed by atoms with Crippen molar-refractivity contribution < 1.29 is 18.3 Å². The molecule has 0 aromatic heterocycles. The van der Waals surface area contributed by atoms with Gasteiger partial charge in [0.25, 0.3) is 0 Å². The lowest BCUT2D eigenvalue weighted by atomic mass is 10.0. The van der Waals surface area contributed by atoms with E-state index >= 15 is 0 Å². The van der Waals surface area contributed by atoms with Crippen molar-refractivity contribution in [2.75, 3.05) is 0 Å². The van der Waals surface area contributed by atoms with Crippen LogP contribution < -0.4 is 0 Å². The van der Waals surface area contributed by atoms with Gasteiger partial charge in [-0.25, -0.2) is 0 Å². The molecule has 0 spiro atoms. The van der Waals surface area contributed by atoms with Gasteiger partial charge in [0.2, 0.25) is 0 Å². The predicted octanol–water partition coefficient (Wildman–Crippen LogP) is 2.10. The van der Waals surface area contributed by atoms with E-state index in [0.717, 1.165) is 6.42 Å². The number of aliphatic hydroxyl groups excluding tert-OH is 1. The SMILES string of the molecule is OC1CCCC1CC(F)(F)F. The minimum absolute atomic E-state index is 0.515. The zero-order valence-corrected chi connectivity index (χ0v) is 6.06. The molecule has 1 aliphatic rings. The van der Waals surface area contributed by atoms with E-state index in [1.807, 2.05) is 0 Å². The lowest BCUT2D eigenvalue weighted by Crippen LogP contribution is -2.21. The van der Waals surface area contributed by atoms with Gasteiger partial charge in [-0.3, -0.25) is 0 Å². The molecule has 0 aliphatic heterocycles. The predicted molar refractivity (Wildman–Crippen MR) is 34.0 cm³/mol. The molecule has 11 heavy (non-hydrogen) atoms. The Balaban J connectivity index is 2.37. The molecule has 0 aromatic rings. The molecular formula is C7H11F3O. The van der Waals surface area contributed by atoms with Crippen LogP contribution in [0.3, 0.4) is 0 Å². The van der Waals surface area contributed by atoms with Crippen molar-refractivity contribution in [3.05, 3.63) is 0 Å². The molecule has 0 amide bonds. The Morgan fingerprint density at radius 1 is 1.27 bits per heavy atom. The molecular weight excluding hydrogens is 157 g/mol. The van der Waals surface area contributed by atoms with Crippen LogP contribution in [0.15, 0.2) is 0 Å². The van der Waals surface area contributed by atoms with Crippen LogP contribution in [0.5, 0.6) is 0 Å². The highest BCUT2D eigenvalue weighted by atomic mass is 19.4. The molecule has 0 heterocycles. The largest absolute Gasteiger partial charge is 0.393 e. The first-order valence-electron chi connectivity index (χ1n) is 3.74. The van der Waals surface area contributed by atoms with Gasteiger partial charge in [0.15, 0.2) is 0 Å². The van der Waals surface area contributed by atoms with Crippen LogP contribution in [0.4, 0.5) is 13.2 Å². The fourth-order valence-corrected chi connectivity index (χ4v) is 1.55. The zero-order valence-electron chi connectivity index (χ0n) is 6.06. The maximum atomic E-state index is 11.8. The van der Waals surface area contributed by atoms with Gasteiger partial charge in [-0.1, -0.05) is 6.42 Å². The Kier molecular flexibility index (Phi) is 2.42. The van der Waals surface area contributed by atoms with Crippen molar-refractivity contribution >= 4 is 0 Å². The summed E-state index contributed by atoms with van der Waals surface area (Å²) < 4.78 is 35.3. The summed E-state index contributed by atoms with van der Waals surface area (Å²) in [4.78, 5) is 0. The van der Waals surface area contributed by atoms with Gasteiger partial charge in [-0.05, 0) is 18.8 Å². The van der Waals surface area contributed by atoms with E-state index in [9.17, 15) is 13.2 Å². The van der Waals surface area contributed by atoms with Crippen molar-refractivity contribution in [3.8, 4) is 0 Å². The van der Waals surface area contributed by atoms with E-state index in [1.165, 1.54) is 0 Å². The van der Waals surface area contributed by atoms with Crippen molar-refractivity contribution in [1.82, 2.24) is 0 Å². The average molecular weight is 168 g/mol. The van der Waals surface area contributed by atoms with Gasteiger partial charge in [-0.2, -0.15) is 13.2 Å². The van der Waals surface area contributed by atoms with E-state index in [-0.39, 0.29) is 0 Å². The number of alkyl halides is 3. The molecule has 1 nitrogen and oxygen atoms in total. The number of halogens is 3. The summed E-state index contributed by atoms with van der Waals surface area (Å²) in [6, 6.07) is 0. The molecule has 1 rings (SSSR count). The molecule has 1 saturated carbocycles. The third-order valence-electron chi connectivity index (χ3n) is 2.11. The summed E-state index contributed by atoms with van der Waals surface area (Å²) in [7, 11) is 0. The Labute approximate surface area is 63.2 Å². The fraction of sp³-hybridized carbons (Fsp3) is 1.00. The maximum Gasteiger partial charge on any atom is 0.389 e. The fourth-order valence-electron chi connectivity index (χ4n) is 1.55. The van der Waals surface area contributed by atoms with Gasteiger partial charge >= 0.3 is 6.18 Å². The molecule has 0 bridgehead atoms. The van der Waals surface area contributed by atoms with Gasteiger partial charge in [0.05, 0.1) is 6.10 Å². The number of rotatable bonds is 1. The third-order valence-corrected chi connectivity index (χ3v) is 2.11. The Morgan fingerprint density at radius 2 is 1.91 bits per heavy atom. The van der Waals surface area contributed by atoms with Crippen LogP contribution in [0.25, 0.3) is 0 Å². The maximum absolute atomic E-state index is 11.8. The summed E-state index contributed by atoms with van der Waals surface area (Å²) in [6.07, 6.45) is -3.90. The van der Waals surface area contributed by atoms with Crippen LogP contribution in [0.1, 0.15) is 25.7 Å². The van der Waals surface area contributed by atoms with Gasteiger partial charge in [0.1, 0.15) is 0 Å². The van der Waals surface area contributed by atoms with Gasteiger partial charge in [0, 0.05) is 6.42 Å². The topological polar surface area (TPSA) is 20.2 Å². The number of hydrogen-bond donors (Lipinski definition) is 1. The Bertz CT molecular complexity index is 132. The van der Waals surface area contributed by atoms with Crippen LogP contribution in [0, 0.1) is 5.92 Å². The molecule has 4 heteroatoms. The molecule has 0 saturated heterocycles. The third kappa shape index (κ3) is 2.69. The highest BCUT2D eigenvalue weighted by Gasteiger charge is 2.37. The Hall–Kier alpha value is -0.250. The van der Waals surface area contributed by atoms with Crippen molar-refractivity contribution in [2.45, 2.75) is 38.0 Å². The van der Waals surface area contributed by atoms with E-state index in [4.69, 9.17) is 5.11 Å². The monoisotopic (exact) mass is 168 g/mol. The highest BCUT2D eigenvalue weighted by molar-refractivity contribution is 4.78. The molecule has 0 aromatic carbocycles. The second-order valence-electron chi connectivity index (χ2n) is 3.08. The van der Waals surface area contributed by atoms with E-state index in [0.29, 0.717) is 12.8 Å². The smallest absolute Gasteiger partial charge is 0.389 e. The van der Waals surface area contributed by atoms with Gasteiger partial charge < -0.3 is 5.11 Å². The first kappa shape index (κ1) is 8.84. The summed E-state index contributed by atoms with van der Waals surface area (Å²) >= 11 is 0. The standard InChI is InChI=1S/C7H11F3O/c8-7(9,10)4-5-2-1-3-6(5)11/h5-6,11H,1-4H2. The molecule has 0 radical (unpaired) electrons. The molecule has 1 N–H and O–H groups in total. The van der Waals surface area contributed by atoms with Crippen LogP contribution in [-0.4, -0.2) is 17.4 Å². The molecule has 1 fully saturated rings. The van der Waals surface area contributed by atoms with Crippen LogP contribution in [0.2, 0.25) is 0 Å². The quantitative estimate of drug-likeness (QED) is 0.635. The van der Waals surface area contributed by atoms with Crippen LogP contribution >= 0.6 is 0 Å². The normalized spacial score (nSPS) is 32.7. The second-order valence-corrected chi connectivity index (χ2v) is 3.08. The summed E-state index contributed by atoms with van der Waals surface area (Å²) in [5.74, 6) is -0.546. The lowest BCUT2D eigenvalue weighted by molar-refractivity contribution is -0.150. The molecule has 66 valence electrons. The number of hydrogen-bond acceptors (Lipinski definition) is 1. The van der Waals surface area contributed by atoms with Crippen molar-refractivity contribution in [1.29, 1.82) is 0 Å².